The predicted molar refractivity (Wildman–Crippen MR) is 81.2 cm³/mol. The highest BCUT2D eigenvalue weighted by Gasteiger charge is 2.06. The maximum absolute atomic E-state index is 5.60. The van der Waals surface area contributed by atoms with Gasteiger partial charge in [0.25, 0.3) is 0 Å². The smallest absolute Gasteiger partial charge is 0.155 e. The molecule has 0 unspecified atom stereocenters. The van der Waals surface area contributed by atoms with Gasteiger partial charge in [0.05, 0.1) is 0 Å². The standard InChI is InChI=1S/C14H16N4S/c15-13(19)12-14(18-10-9-16-12)17-8-4-7-11-5-2-1-3-6-11/h1-3,5-6,9-10H,4,7-8H2,(H2,15,19)(H,17,18). The topological polar surface area (TPSA) is 63.8 Å². The van der Waals surface area contributed by atoms with Gasteiger partial charge in [0, 0.05) is 18.9 Å². The van der Waals surface area contributed by atoms with Crippen molar-refractivity contribution >= 4 is 23.0 Å². The fourth-order valence-electron chi connectivity index (χ4n) is 1.79. The van der Waals surface area contributed by atoms with E-state index in [1.807, 2.05) is 6.07 Å². The van der Waals surface area contributed by atoms with Gasteiger partial charge >= 0.3 is 0 Å². The third-order valence-electron chi connectivity index (χ3n) is 2.71. The number of hydrogen-bond donors (Lipinski definition) is 2. The molecule has 5 heteroatoms. The second-order valence-electron chi connectivity index (χ2n) is 4.13. The molecule has 2 aromatic rings. The van der Waals surface area contributed by atoms with Crippen molar-refractivity contribution in [1.82, 2.24) is 9.97 Å². The van der Waals surface area contributed by atoms with Gasteiger partial charge < -0.3 is 11.1 Å². The highest BCUT2D eigenvalue weighted by atomic mass is 32.1. The zero-order valence-electron chi connectivity index (χ0n) is 10.5. The minimum atomic E-state index is 0.263. The molecule has 0 aliphatic heterocycles. The van der Waals surface area contributed by atoms with Crippen molar-refractivity contribution in [3.63, 3.8) is 0 Å². The molecule has 0 spiro atoms. The summed E-state index contributed by atoms with van der Waals surface area (Å²) in [6.45, 7) is 0.809. The number of aromatic nitrogens is 2. The Hall–Kier alpha value is -2.01. The van der Waals surface area contributed by atoms with Gasteiger partial charge in [0.2, 0.25) is 0 Å². The van der Waals surface area contributed by atoms with Crippen LogP contribution < -0.4 is 11.1 Å². The lowest BCUT2D eigenvalue weighted by molar-refractivity contribution is 0.857. The average Bonchev–Trinajstić information content (AvgIpc) is 2.45. The monoisotopic (exact) mass is 272 g/mol. The van der Waals surface area contributed by atoms with E-state index in [1.165, 1.54) is 5.56 Å². The van der Waals surface area contributed by atoms with Gasteiger partial charge in [-0.25, -0.2) is 9.97 Å². The number of nitrogens with one attached hydrogen (secondary N) is 1. The van der Waals surface area contributed by atoms with E-state index in [2.05, 4.69) is 39.6 Å². The molecule has 0 atom stereocenters. The Labute approximate surface area is 118 Å². The van der Waals surface area contributed by atoms with Crippen LogP contribution in [-0.2, 0) is 6.42 Å². The van der Waals surface area contributed by atoms with Gasteiger partial charge in [0.15, 0.2) is 5.82 Å². The van der Waals surface area contributed by atoms with Crippen LogP contribution in [-0.4, -0.2) is 21.5 Å². The van der Waals surface area contributed by atoms with Crippen molar-refractivity contribution in [2.45, 2.75) is 12.8 Å². The number of aryl methyl sites for hydroxylation is 1. The Morgan fingerprint density at radius 1 is 1.16 bits per heavy atom. The minimum absolute atomic E-state index is 0.263. The molecular weight excluding hydrogens is 256 g/mol. The zero-order valence-corrected chi connectivity index (χ0v) is 11.4. The molecule has 0 saturated heterocycles. The predicted octanol–water partition coefficient (Wildman–Crippen LogP) is 2.16. The van der Waals surface area contributed by atoms with E-state index >= 15 is 0 Å². The Morgan fingerprint density at radius 3 is 2.63 bits per heavy atom. The zero-order chi connectivity index (χ0) is 13.5. The van der Waals surface area contributed by atoms with E-state index in [-0.39, 0.29) is 4.99 Å². The molecule has 19 heavy (non-hydrogen) atoms. The van der Waals surface area contributed by atoms with Crippen molar-refractivity contribution < 1.29 is 0 Å². The Bertz CT molecular complexity index is 542. The van der Waals surface area contributed by atoms with E-state index < -0.39 is 0 Å². The molecule has 3 N–H and O–H groups in total. The van der Waals surface area contributed by atoms with Crippen molar-refractivity contribution in [2.24, 2.45) is 5.73 Å². The first kappa shape index (κ1) is 13.4. The van der Waals surface area contributed by atoms with Crippen molar-refractivity contribution in [1.29, 1.82) is 0 Å². The van der Waals surface area contributed by atoms with Gasteiger partial charge in [0.1, 0.15) is 10.7 Å². The maximum atomic E-state index is 5.60. The number of nitrogens with two attached hydrogens (primary N) is 1. The van der Waals surface area contributed by atoms with Gasteiger partial charge in [-0.15, -0.1) is 0 Å². The quantitative estimate of drug-likeness (QED) is 0.623. The molecule has 0 bridgehead atoms. The van der Waals surface area contributed by atoms with Crippen molar-refractivity contribution in [3.8, 4) is 0 Å². The largest absolute Gasteiger partial charge is 0.388 e. The first-order valence-corrected chi connectivity index (χ1v) is 6.57. The molecule has 98 valence electrons. The Balaban J connectivity index is 1.85. The van der Waals surface area contributed by atoms with E-state index in [0.29, 0.717) is 11.5 Å². The molecule has 0 saturated carbocycles. The van der Waals surface area contributed by atoms with Crippen LogP contribution in [0.4, 0.5) is 5.82 Å². The molecule has 1 aromatic carbocycles. The molecule has 0 aliphatic rings. The molecule has 1 aromatic heterocycles. The lowest BCUT2D eigenvalue weighted by atomic mass is 10.1. The maximum Gasteiger partial charge on any atom is 0.155 e. The summed E-state index contributed by atoms with van der Waals surface area (Å²) in [6, 6.07) is 10.4. The number of thiocarbonyl (C=S) groups is 1. The van der Waals surface area contributed by atoms with Crippen LogP contribution in [0.2, 0.25) is 0 Å². The van der Waals surface area contributed by atoms with Crippen LogP contribution in [0.25, 0.3) is 0 Å². The molecule has 0 amide bonds. The van der Waals surface area contributed by atoms with Crippen LogP contribution in [0.1, 0.15) is 17.7 Å². The van der Waals surface area contributed by atoms with Crippen LogP contribution >= 0.6 is 12.2 Å². The van der Waals surface area contributed by atoms with Gasteiger partial charge in [-0.3, -0.25) is 0 Å². The Morgan fingerprint density at radius 2 is 1.89 bits per heavy atom. The summed E-state index contributed by atoms with van der Waals surface area (Å²) in [4.78, 5) is 8.59. The van der Waals surface area contributed by atoms with Crippen molar-refractivity contribution in [3.05, 3.63) is 54.0 Å². The molecule has 1 heterocycles. The highest BCUT2D eigenvalue weighted by molar-refractivity contribution is 7.80. The summed E-state index contributed by atoms with van der Waals surface area (Å²) >= 11 is 4.94. The number of anilines is 1. The molecule has 2 rings (SSSR count). The summed E-state index contributed by atoms with van der Waals surface area (Å²) < 4.78 is 0. The summed E-state index contributed by atoms with van der Waals surface area (Å²) in [5, 5.41) is 3.22. The molecule has 0 fully saturated rings. The van der Waals surface area contributed by atoms with E-state index in [4.69, 9.17) is 18.0 Å². The first-order chi connectivity index (χ1) is 9.27. The van der Waals surface area contributed by atoms with Gasteiger partial charge in [-0.2, -0.15) is 0 Å². The summed E-state index contributed by atoms with van der Waals surface area (Å²) in [5.74, 6) is 0.656. The average molecular weight is 272 g/mol. The minimum Gasteiger partial charge on any atom is -0.388 e. The molecular formula is C14H16N4S. The fourth-order valence-corrected chi connectivity index (χ4v) is 1.94. The van der Waals surface area contributed by atoms with Crippen molar-refractivity contribution in [2.75, 3.05) is 11.9 Å². The lowest BCUT2D eigenvalue weighted by Crippen LogP contribution is -2.16. The molecule has 0 radical (unpaired) electrons. The fraction of sp³-hybridized carbons (Fsp3) is 0.214. The molecule has 0 aliphatic carbocycles. The number of benzene rings is 1. The number of rotatable bonds is 6. The van der Waals surface area contributed by atoms with Crippen LogP contribution in [0.5, 0.6) is 0 Å². The first-order valence-electron chi connectivity index (χ1n) is 6.16. The molecule has 4 nitrogen and oxygen atoms in total. The van der Waals surface area contributed by atoms with Gasteiger partial charge in [-0.05, 0) is 18.4 Å². The summed E-state index contributed by atoms with van der Waals surface area (Å²) in [5.41, 5.74) is 7.48. The number of hydrogen-bond acceptors (Lipinski definition) is 4. The highest BCUT2D eigenvalue weighted by Crippen LogP contribution is 2.08. The second-order valence-corrected chi connectivity index (χ2v) is 4.57. The SMILES string of the molecule is NC(=S)c1nccnc1NCCCc1ccccc1. The lowest BCUT2D eigenvalue weighted by Gasteiger charge is -2.08. The third kappa shape index (κ3) is 3.99. The number of nitrogens with zero attached hydrogens (tertiary/aromatic N) is 2. The second kappa shape index (κ2) is 6.80. The summed E-state index contributed by atoms with van der Waals surface area (Å²) in [6.07, 6.45) is 5.25. The summed E-state index contributed by atoms with van der Waals surface area (Å²) in [7, 11) is 0. The Kier molecular flexibility index (Phi) is 4.80. The van der Waals surface area contributed by atoms with E-state index in [1.54, 1.807) is 12.4 Å². The third-order valence-corrected chi connectivity index (χ3v) is 2.90. The van der Waals surface area contributed by atoms with Crippen LogP contribution in [0, 0.1) is 0 Å². The van der Waals surface area contributed by atoms with Crippen LogP contribution in [0.3, 0.4) is 0 Å². The van der Waals surface area contributed by atoms with E-state index in [9.17, 15) is 0 Å². The van der Waals surface area contributed by atoms with Gasteiger partial charge in [-0.1, -0.05) is 42.5 Å². The van der Waals surface area contributed by atoms with E-state index in [0.717, 1.165) is 19.4 Å². The van der Waals surface area contributed by atoms with Crippen LogP contribution in [0.15, 0.2) is 42.7 Å². The normalized spacial score (nSPS) is 10.1.